The van der Waals surface area contributed by atoms with Crippen molar-refractivity contribution in [2.75, 3.05) is 69.8 Å². The summed E-state index contributed by atoms with van der Waals surface area (Å²) in [6.07, 6.45) is 2.91. The van der Waals surface area contributed by atoms with E-state index in [1.54, 1.807) is 18.2 Å². The van der Waals surface area contributed by atoms with Crippen molar-refractivity contribution in [1.82, 2.24) is 25.1 Å². The van der Waals surface area contributed by atoms with Crippen molar-refractivity contribution in [3.05, 3.63) is 17.6 Å². The first-order valence-electron chi connectivity index (χ1n) is 13.9. The minimum Gasteiger partial charge on any atom is -0.385 e. The molecule has 0 aliphatic carbocycles. The molecule has 41 heavy (non-hydrogen) atoms. The summed E-state index contributed by atoms with van der Waals surface area (Å²) in [5, 5.41) is 6.68. The number of amides is 2. The Bertz CT molecular complexity index is 1100. The molecular weight excluding hydrogens is 591 g/mol. The molecule has 0 bridgehead atoms. The van der Waals surface area contributed by atoms with Gasteiger partial charge in [0, 0.05) is 70.6 Å². The minimum atomic E-state index is -3.07. The van der Waals surface area contributed by atoms with E-state index >= 15 is 0 Å². The predicted octanol–water partition coefficient (Wildman–Crippen LogP) is 2.40. The van der Waals surface area contributed by atoms with E-state index < -0.39 is 9.84 Å². The lowest BCUT2D eigenvalue weighted by Crippen LogP contribution is -2.56. The highest BCUT2D eigenvalue weighted by Crippen LogP contribution is 2.26. The molecule has 1 aromatic rings. The van der Waals surface area contributed by atoms with Crippen molar-refractivity contribution < 1.29 is 22.7 Å². The molecule has 2 atom stereocenters. The Morgan fingerprint density at radius 2 is 1.85 bits per heavy atom. The van der Waals surface area contributed by atoms with E-state index in [1.807, 2.05) is 25.7 Å². The normalized spacial score (nSPS) is 20.5. The second kappa shape index (κ2) is 16.2. The van der Waals surface area contributed by atoms with Crippen molar-refractivity contribution >= 4 is 52.3 Å². The van der Waals surface area contributed by atoms with Crippen molar-refractivity contribution in [1.29, 1.82) is 0 Å². The molecule has 3 heterocycles. The van der Waals surface area contributed by atoms with Gasteiger partial charge in [0.2, 0.25) is 5.91 Å². The molecule has 236 valence electrons. The fraction of sp³-hybridized carbons (Fsp3) is 0.778. The van der Waals surface area contributed by atoms with Gasteiger partial charge in [0.15, 0.2) is 9.84 Å². The molecule has 0 radical (unpaired) electrons. The van der Waals surface area contributed by atoms with Crippen LogP contribution in [0.1, 0.15) is 63.6 Å². The first-order chi connectivity index (χ1) is 18.3. The van der Waals surface area contributed by atoms with Gasteiger partial charge in [-0.25, -0.2) is 18.4 Å². The van der Waals surface area contributed by atoms with E-state index in [2.05, 4.69) is 29.5 Å². The summed E-state index contributed by atoms with van der Waals surface area (Å²) in [6.45, 7) is 13.5. The maximum absolute atomic E-state index is 14.1. The van der Waals surface area contributed by atoms with Crippen LogP contribution in [-0.4, -0.2) is 111 Å². The van der Waals surface area contributed by atoms with Crippen molar-refractivity contribution in [3.63, 3.8) is 0 Å². The van der Waals surface area contributed by atoms with Gasteiger partial charge in [-0.1, -0.05) is 34.6 Å². The number of sulfone groups is 1. The minimum absolute atomic E-state index is 0. The van der Waals surface area contributed by atoms with Crippen LogP contribution in [0.4, 0.5) is 5.82 Å². The number of rotatable bonds is 10. The summed E-state index contributed by atoms with van der Waals surface area (Å²) in [4.78, 5) is 40.2. The van der Waals surface area contributed by atoms with Crippen LogP contribution in [0.25, 0.3) is 0 Å². The summed E-state index contributed by atoms with van der Waals surface area (Å²) in [5.74, 6) is 0.854. The maximum atomic E-state index is 14.1. The van der Waals surface area contributed by atoms with Crippen LogP contribution in [0.3, 0.4) is 0 Å². The number of piperidine rings is 1. The molecule has 14 heteroatoms. The molecule has 2 N–H and O–H groups in total. The number of nitrogens with one attached hydrogen (secondary N) is 2. The van der Waals surface area contributed by atoms with Gasteiger partial charge in [-0.05, 0) is 18.8 Å². The SMILES string of the molecule is COCCCNc1nc(C(C)(C)C)ncc1C(=O)N(CC(C)C)[C@@H]1CNC[C@H](C(=O)N2CCS(=O)(=O)CC2)C1.Cl.Cl. The lowest BCUT2D eigenvalue weighted by molar-refractivity contribution is -0.136. The zero-order chi connectivity index (χ0) is 28.8. The smallest absolute Gasteiger partial charge is 0.259 e. The number of carbonyl (C=O) groups excluding carboxylic acids is 2. The third-order valence-electron chi connectivity index (χ3n) is 7.10. The predicted molar refractivity (Wildman–Crippen MR) is 166 cm³/mol. The summed E-state index contributed by atoms with van der Waals surface area (Å²) in [7, 11) is -1.42. The highest BCUT2D eigenvalue weighted by molar-refractivity contribution is 7.91. The zero-order valence-electron chi connectivity index (χ0n) is 25.1. The topological polar surface area (TPSA) is 134 Å². The van der Waals surface area contributed by atoms with Crippen molar-refractivity contribution in [2.45, 2.75) is 58.9 Å². The molecule has 0 unspecified atom stereocenters. The largest absolute Gasteiger partial charge is 0.385 e. The van der Waals surface area contributed by atoms with Gasteiger partial charge in [-0.3, -0.25) is 9.59 Å². The number of anilines is 1. The Labute approximate surface area is 257 Å². The summed E-state index contributed by atoms with van der Waals surface area (Å²) in [6, 6.07) is -0.195. The van der Waals surface area contributed by atoms with Crippen LogP contribution < -0.4 is 10.6 Å². The number of hydrogen-bond acceptors (Lipinski definition) is 9. The third kappa shape index (κ3) is 10.5. The second-order valence-electron chi connectivity index (χ2n) is 12.1. The number of hydrogen-bond donors (Lipinski definition) is 2. The van der Waals surface area contributed by atoms with Crippen LogP contribution in [0.2, 0.25) is 0 Å². The average molecular weight is 640 g/mol. The first-order valence-corrected chi connectivity index (χ1v) is 15.8. The van der Waals surface area contributed by atoms with Gasteiger partial charge in [-0.2, -0.15) is 0 Å². The molecule has 1 aromatic heterocycles. The van der Waals surface area contributed by atoms with E-state index in [4.69, 9.17) is 9.72 Å². The number of carbonyl (C=O) groups is 2. The second-order valence-corrected chi connectivity index (χ2v) is 14.4. The molecule has 2 saturated heterocycles. The molecule has 2 aliphatic rings. The first kappa shape index (κ1) is 37.3. The van der Waals surface area contributed by atoms with Gasteiger partial charge in [0.05, 0.1) is 17.4 Å². The average Bonchev–Trinajstić information content (AvgIpc) is 2.88. The van der Waals surface area contributed by atoms with Gasteiger partial charge >= 0.3 is 0 Å². The molecular formula is C27H48Cl2N6O5S. The lowest BCUT2D eigenvalue weighted by atomic mass is 9.92. The fourth-order valence-corrected chi connectivity index (χ4v) is 6.14. The van der Waals surface area contributed by atoms with Crippen LogP contribution in [-0.2, 0) is 24.8 Å². The Morgan fingerprint density at radius 3 is 2.44 bits per heavy atom. The summed E-state index contributed by atoms with van der Waals surface area (Å²) >= 11 is 0. The van der Waals surface area contributed by atoms with Crippen molar-refractivity contribution in [2.24, 2.45) is 11.8 Å². The third-order valence-corrected chi connectivity index (χ3v) is 8.71. The number of nitrogens with zero attached hydrogens (tertiary/aromatic N) is 4. The van der Waals surface area contributed by atoms with Gasteiger partial charge in [0.25, 0.3) is 5.91 Å². The number of methoxy groups -OCH3 is 1. The molecule has 11 nitrogen and oxygen atoms in total. The van der Waals surface area contributed by atoms with E-state index in [0.717, 1.165) is 6.42 Å². The fourth-order valence-electron chi connectivity index (χ4n) is 4.94. The van der Waals surface area contributed by atoms with Crippen LogP contribution in [0, 0.1) is 11.8 Å². The quantitative estimate of drug-likeness (QED) is 0.371. The van der Waals surface area contributed by atoms with Gasteiger partial charge < -0.3 is 25.2 Å². The maximum Gasteiger partial charge on any atom is 0.259 e. The Kier molecular flexibility index (Phi) is 14.7. The zero-order valence-corrected chi connectivity index (χ0v) is 27.6. The summed E-state index contributed by atoms with van der Waals surface area (Å²) in [5.41, 5.74) is 0.132. The Hall–Kier alpha value is -1.73. The molecule has 2 fully saturated rings. The van der Waals surface area contributed by atoms with E-state index in [1.165, 1.54) is 0 Å². The van der Waals surface area contributed by atoms with Gasteiger partial charge in [0.1, 0.15) is 17.2 Å². The van der Waals surface area contributed by atoms with Crippen LogP contribution >= 0.6 is 24.8 Å². The van der Waals surface area contributed by atoms with Crippen LogP contribution in [0.5, 0.6) is 0 Å². The van der Waals surface area contributed by atoms with Crippen molar-refractivity contribution in [3.8, 4) is 0 Å². The number of aromatic nitrogens is 2. The molecule has 0 saturated carbocycles. The summed E-state index contributed by atoms with van der Waals surface area (Å²) < 4.78 is 28.8. The molecule has 0 spiro atoms. The molecule has 0 aromatic carbocycles. The Morgan fingerprint density at radius 1 is 1.20 bits per heavy atom. The monoisotopic (exact) mass is 638 g/mol. The highest BCUT2D eigenvalue weighted by Gasteiger charge is 2.37. The van der Waals surface area contributed by atoms with E-state index in [9.17, 15) is 18.0 Å². The van der Waals surface area contributed by atoms with E-state index in [-0.39, 0.29) is 84.5 Å². The highest BCUT2D eigenvalue weighted by atomic mass is 35.5. The molecule has 3 rings (SSSR count). The van der Waals surface area contributed by atoms with E-state index in [0.29, 0.717) is 56.4 Å². The molecule has 2 aliphatic heterocycles. The number of ether oxygens (including phenoxy) is 1. The Balaban J connectivity index is 0.00000420. The number of halogens is 2. The van der Waals surface area contributed by atoms with Crippen LogP contribution in [0.15, 0.2) is 6.20 Å². The lowest BCUT2D eigenvalue weighted by Gasteiger charge is -2.40. The van der Waals surface area contributed by atoms with Gasteiger partial charge in [-0.15, -0.1) is 24.8 Å². The molecule has 2 amide bonds. The standard InChI is InChI=1S/C27H46N6O5S.2ClH/c1-19(2)18-33(21-14-20(15-28-16-21)24(34)32-9-12-39(36,37)13-10-32)25(35)22-17-30-26(27(3,4)5)31-23(22)29-8-7-11-38-6;;/h17,19-21,28H,7-16,18H2,1-6H3,(H,29,30,31);2*1H/t20-,21+;;/m1../s1.